The van der Waals surface area contributed by atoms with Crippen molar-refractivity contribution in [2.45, 2.75) is 84.7 Å². The molecule has 0 spiro atoms. The van der Waals surface area contributed by atoms with Gasteiger partial charge in [0.05, 0.1) is 52.9 Å². The molecule has 0 amide bonds. The first-order valence-corrected chi connectivity index (χ1v) is 12.1. The van der Waals surface area contributed by atoms with Crippen molar-refractivity contribution in [1.82, 2.24) is 0 Å². The molecule has 7 nitrogen and oxygen atoms in total. The number of hydrogen-bond donors (Lipinski definition) is 0. The molecule has 7 heteroatoms. The first kappa shape index (κ1) is 30.3. The van der Waals surface area contributed by atoms with Crippen LogP contribution in [0.1, 0.15) is 79.1 Å². The number of hydrogen-bond acceptors (Lipinski definition) is 7. The van der Waals surface area contributed by atoms with Crippen LogP contribution >= 0.6 is 0 Å². The zero-order chi connectivity index (χ0) is 23.0. The summed E-state index contributed by atoms with van der Waals surface area (Å²) in [5, 5.41) is 0. The summed E-state index contributed by atoms with van der Waals surface area (Å²) in [5.74, 6) is -0.366. The number of carbonyl (C=O) groups is 1. The van der Waals surface area contributed by atoms with Crippen LogP contribution in [0.2, 0.25) is 0 Å². The molecular formula is C24H48O7. The van der Waals surface area contributed by atoms with E-state index in [2.05, 4.69) is 6.92 Å². The van der Waals surface area contributed by atoms with Gasteiger partial charge in [0, 0.05) is 6.61 Å². The van der Waals surface area contributed by atoms with Gasteiger partial charge in [-0.05, 0) is 27.2 Å². The first-order valence-electron chi connectivity index (χ1n) is 12.1. The maximum atomic E-state index is 11.4. The topological polar surface area (TPSA) is 72.5 Å². The molecule has 0 unspecified atom stereocenters. The molecule has 0 aromatic carbocycles. The fourth-order valence-corrected chi connectivity index (χ4v) is 2.74. The van der Waals surface area contributed by atoms with Crippen molar-refractivity contribution in [2.24, 2.45) is 0 Å². The van der Waals surface area contributed by atoms with E-state index < -0.39 is 5.60 Å². The molecule has 0 aromatic rings. The molecule has 0 aliphatic carbocycles. The van der Waals surface area contributed by atoms with Gasteiger partial charge in [0.25, 0.3) is 0 Å². The van der Waals surface area contributed by atoms with E-state index in [1.165, 1.54) is 44.9 Å². The highest BCUT2D eigenvalue weighted by molar-refractivity contribution is 5.71. The highest BCUT2D eigenvalue weighted by atomic mass is 16.6. The van der Waals surface area contributed by atoms with Crippen molar-refractivity contribution in [3.05, 3.63) is 0 Å². The molecule has 31 heavy (non-hydrogen) atoms. The Morgan fingerprint density at radius 3 is 1.39 bits per heavy atom. The molecule has 0 rings (SSSR count). The van der Waals surface area contributed by atoms with Gasteiger partial charge < -0.3 is 28.4 Å². The fourth-order valence-electron chi connectivity index (χ4n) is 2.74. The fraction of sp³-hybridized carbons (Fsp3) is 0.958. The molecule has 0 fully saturated rings. The second-order valence-electron chi connectivity index (χ2n) is 8.56. The minimum absolute atomic E-state index is 0.0582. The van der Waals surface area contributed by atoms with Gasteiger partial charge >= 0.3 is 5.97 Å². The van der Waals surface area contributed by atoms with Crippen LogP contribution in [0.5, 0.6) is 0 Å². The number of rotatable bonds is 23. The third kappa shape index (κ3) is 27.2. The SMILES string of the molecule is CCCCCCCCCCOCCOCCOCCOCCOCC(=O)OC(C)(C)C. The maximum Gasteiger partial charge on any atom is 0.332 e. The molecule has 0 aliphatic rings. The lowest BCUT2D eigenvalue weighted by Gasteiger charge is -2.19. The molecule has 0 aromatic heterocycles. The second kappa shape index (κ2) is 22.5. The molecule has 0 N–H and O–H groups in total. The number of carbonyl (C=O) groups excluding carboxylic acids is 1. The molecule has 0 bridgehead atoms. The summed E-state index contributed by atoms with van der Waals surface area (Å²) >= 11 is 0. The monoisotopic (exact) mass is 448 g/mol. The molecule has 186 valence electrons. The van der Waals surface area contributed by atoms with Gasteiger partial charge in [0.1, 0.15) is 12.2 Å². The van der Waals surface area contributed by atoms with Crippen LogP contribution in [0.15, 0.2) is 0 Å². The summed E-state index contributed by atoms with van der Waals surface area (Å²) in [7, 11) is 0. The highest BCUT2D eigenvalue weighted by Gasteiger charge is 2.15. The number of unbranched alkanes of at least 4 members (excludes halogenated alkanes) is 7. The summed E-state index contributed by atoms with van der Waals surface area (Å²) in [6.07, 6.45) is 10.5. The van der Waals surface area contributed by atoms with Gasteiger partial charge in [-0.2, -0.15) is 0 Å². The molecule has 0 aliphatic heterocycles. The predicted molar refractivity (Wildman–Crippen MR) is 123 cm³/mol. The van der Waals surface area contributed by atoms with E-state index in [0.717, 1.165) is 13.0 Å². The lowest BCUT2D eigenvalue weighted by atomic mass is 10.1. The van der Waals surface area contributed by atoms with Crippen LogP contribution in [0.4, 0.5) is 0 Å². The van der Waals surface area contributed by atoms with E-state index in [1.807, 2.05) is 20.8 Å². The van der Waals surface area contributed by atoms with Crippen LogP contribution in [0, 0.1) is 0 Å². The zero-order valence-corrected chi connectivity index (χ0v) is 20.6. The van der Waals surface area contributed by atoms with E-state index in [1.54, 1.807) is 0 Å². The van der Waals surface area contributed by atoms with Crippen LogP contribution in [0.3, 0.4) is 0 Å². The summed E-state index contributed by atoms with van der Waals surface area (Å²) < 4.78 is 32.2. The summed E-state index contributed by atoms with van der Waals surface area (Å²) in [6, 6.07) is 0. The Hall–Kier alpha value is -0.730. The van der Waals surface area contributed by atoms with Crippen molar-refractivity contribution < 1.29 is 33.2 Å². The van der Waals surface area contributed by atoms with Gasteiger partial charge in [-0.3, -0.25) is 0 Å². The normalized spacial score (nSPS) is 11.7. The second-order valence-corrected chi connectivity index (χ2v) is 8.56. The third-order valence-electron chi connectivity index (χ3n) is 4.27. The van der Waals surface area contributed by atoms with E-state index in [-0.39, 0.29) is 12.6 Å². The van der Waals surface area contributed by atoms with E-state index in [4.69, 9.17) is 28.4 Å². The van der Waals surface area contributed by atoms with Gasteiger partial charge in [-0.1, -0.05) is 51.9 Å². The van der Waals surface area contributed by atoms with Crippen molar-refractivity contribution >= 4 is 5.97 Å². The molecule has 0 heterocycles. The van der Waals surface area contributed by atoms with Crippen molar-refractivity contribution in [3.63, 3.8) is 0 Å². The first-order chi connectivity index (χ1) is 15.0. The summed E-state index contributed by atoms with van der Waals surface area (Å²) in [4.78, 5) is 11.4. The predicted octanol–water partition coefficient (Wildman–Crippen LogP) is 4.55. The minimum atomic E-state index is -0.488. The van der Waals surface area contributed by atoms with Crippen molar-refractivity contribution in [2.75, 3.05) is 66.1 Å². The van der Waals surface area contributed by atoms with Crippen LogP contribution in [0.25, 0.3) is 0 Å². The van der Waals surface area contributed by atoms with Gasteiger partial charge in [-0.25, -0.2) is 4.79 Å². The Kier molecular flexibility index (Phi) is 21.9. The van der Waals surface area contributed by atoms with Gasteiger partial charge in [-0.15, -0.1) is 0 Å². The van der Waals surface area contributed by atoms with Crippen molar-refractivity contribution in [3.8, 4) is 0 Å². The Morgan fingerprint density at radius 1 is 0.548 bits per heavy atom. The molecule has 0 radical (unpaired) electrons. The number of esters is 1. The Balaban J connectivity index is 3.10. The molecule has 0 atom stereocenters. The van der Waals surface area contributed by atoms with Gasteiger partial charge in [0.15, 0.2) is 0 Å². The van der Waals surface area contributed by atoms with E-state index in [9.17, 15) is 4.79 Å². The number of ether oxygens (including phenoxy) is 6. The third-order valence-corrected chi connectivity index (χ3v) is 4.27. The Morgan fingerprint density at radius 2 is 0.935 bits per heavy atom. The average Bonchev–Trinajstić information content (AvgIpc) is 2.70. The minimum Gasteiger partial charge on any atom is -0.458 e. The Labute approximate surface area is 190 Å². The lowest BCUT2D eigenvalue weighted by Crippen LogP contribution is -2.27. The van der Waals surface area contributed by atoms with E-state index in [0.29, 0.717) is 52.9 Å². The quantitative estimate of drug-likeness (QED) is 0.168. The maximum absolute atomic E-state index is 11.4. The van der Waals surface area contributed by atoms with E-state index >= 15 is 0 Å². The lowest BCUT2D eigenvalue weighted by molar-refractivity contribution is -0.160. The van der Waals surface area contributed by atoms with Crippen LogP contribution in [-0.2, 0) is 33.2 Å². The van der Waals surface area contributed by atoms with Crippen molar-refractivity contribution in [1.29, 1.82) is 0 Å². The molecule has 0 saturated carbocycles. The molecule has 0 saturated heterocycles. The van der Waals surface area contributed by atoms with Crippen LogP contribution in [-0.4, -0.2) is 77.6 Å². The van der Waals surface area contributed by atoms with Crippen LogP contribution < -0.4 is 0 Å². The largest absolute Gasteiger partial charge is 0.458 e. The average molecular weight is 449 g/mol. The Bertz CT molecular complexity index is 383. The highest BCUT2D eigenvalue weighted by Crippen LogP contribution is 2.08. The molecular weight excluding hydrogens is 400 g/mol. The zero-order valence-electron chi connectivity index (χ0n) is 20.6. The smallest absolute Gasteiger partial charge is 0.332 e. The van der Waals surface area contributed by atoms with Gasteiger partial charge in [0.2, 0.25) is 0 Å². The standard InChI is InChI=1S/C24H48O7/c1-5-6-7-8-9-10-11-12-13-26-14-15-27-16-17-28-18-19-29-20-21-30-22-23(25)31-24(2,3)4/h5-22H2,1-4H3. The summed E-state index contributed by atoms with van der Waals surface area (Å²) in [5.41, 5.74) is -0.488. The summed E-state index contributed by atoms with van der Waals surface area (Å²) in [6.45, 7) is 12.6.